The van der Waals surface area contributed by atoms with E-state index in [1.54, 1.807) is 33.3 Å². The van der Waals surface area contributed by atoms with Crippen molar-refractivity contribution in [3.8, 4) is 23.0 Å². The van der Waals surface area contributed by atoms with E-state index < -0.39 is 10.8 Å². The number of amides is 1. The van der Waals surface area contributed by atoms with Crippen LogP contribution in [0.4, 0.5) is 0 Å². The average Bonchev–Trinajstić information content (AvgIpc) is 3.16. The maximum absolute atomic E-state index is 12.5. The Balaban J connectivity index is 1.86. The van der Waals surface area contributed by atoms with Gasteiger partial charge in [0.1, 0.15) is 11.5 Å². The number of ether oxygens (including phenoxy) is 2. The highest BCUT2D eigenvalue weighted by Crippen LogP contribution is 2.32. The molecular weight excluding hydrogens is 442 g/mol. The minimum Gasteiger partial charge on any atom is -0.493 e. The van der Waals surface area contributed by atoms with Crippen molar-refractivity contribution >= 4 is 16.7 Å². The SMILES string of the molecule is CCCN(CCC)CCCNC(=O)C[S@](=O)Cc1nc(-c2ccc(OC)c(OC)c2)oc1C. The quantitative estimate of drug-likeness (QED) is 0.391. The average molecular weight is 480 g/mol. The summed E-state index contributed by atoms with van der Waals surface area (Å²) in [6, 6.07) is 5.38. The highest BCUT2D eigenvalue weighted by Gasteiger charge is 2.17. The summed E-state index contributed by atoms with van der Waals surface area (Å²) in [6.07, 6.45) is 3.14. The van der Waals surface area contributed by atoms with Gasteiger partial charge < -0.3 is 24.1 Å². The van der Waals surface area contributed by atoms with Crippen LogP contribution < -0.4 is 14.8 Å². The summed E-state index contributed by atoms with van der Waals surface area (Å²) in [5.74, 6) is 2.09. The number of nitrogens with zero attached hydrogens (tertiary/aromatic N) is 2. The zero-order valence-corrected chi connectivity index (χ0v) is 21.3. The van der Waals surface area contributed by atoms with Crippen LogP contribution in [0.15, 0.2) is 22.6 Å². The molecule has 0 bridgehead atoms. The molecule has 1 atom stereocenters. The highest BCUT2D eigenvalue weighted by molar-refractivity contribution is 7.84. The lowest BCUT2D eigenvalue weighted by molar-refractivity contribution is -0.118. The zero-order valence-electron chi connectivity index (χ0n) is 20.4. The molecule has 1 N–H and O–H groups in total. The normalized spacial score (nSPS) is 12.1. The Morgan fingerprint density at radius 3 is 2.45 bits per heavy atom. The zero-order chi connectivity index (χ0) is 24.2. The first kappa shape index (κ1) is 26.9. The molecule has 0 saturated carbocycles. The number of rotatable bonds is 15. The third-order valence-corrected chi connectivity index (χ3v) is 6.35. The first-order valence-electron chi connectivity index (χ1n) is 11.4. The Kier molecular flexibility index (Phi) is 11.4. The van der Waals surface area contributed by atoms with Crippen LogP contribution in [0.5, 0.6) is 11.5 Å². The topological polar surface area (TPSA) is 93.9 Å². The number of hydrogen-bond acceptors (Lipinski definition) is 7. The van der Waals surface area contributed by atoms with E-state index in [1.165, 1.54) is 0 Å². The van der Waals surface area contributed by atoms with Gasteiger partial charge in [-0.05, 0) is 64.0 Å². The van der Waals surface area contributed by atoms with E-state index in [0.717, 1.165) is 44.5 Å². The van der Waals surface area contributed by atoms with Gasteiger partial charge in [-0.1, -0.05) is 13.8 Å². The maximum Gasteiger partial charge on any atom is 0.232 e. The van der Waals surface area contributed by atoms with Crippen LogP contribution in [0.3, 0.4) is 0 Å². The number of aryl methyl sites for hydroxylation is 1. The lowest BCUT2D eigenvalue weighted by Crippen LogP contribution is -2.33. The van der Waals surface area contributed by atoms with Crippen molar-refractivity contribution in [3.63, 3.8) is 0 Å². The van der Waals surface area contributed by atoms with Crippen molar-refractivity contribution < 1.29 is 22.9 Å². The Labute approximate surface area is 199 Å². The molecule has 0 saturated heterocycles. The molecular formula is C24H37N3O5S. The van der Waals surface area contributed by atoms with E-state index in [1.807, 2.05) is 6.07 Å². The first-order chi connectivity index (χ1) is 15.9. The molecule has 0 aliphatic carbocycles. The maximum atomic E-state index is 12.5. The molecule has 1 heterocycles. The molecule has 0 unspecified atom stereocenters. The van der Waals surface area contributed by atoms with Gasteiger partial charge in [-0.15, -0.1) is 0 Å². The van der Waals surface area contributed by atoms with Gasteiger partial charge in [-0.25, -0.2) is 4.98 Å². The molecule has 8 nitrogen and oxygen atoms in total. The van der Waals surface area contributed by atoms with Crippen LogP contribution in [0.1, 0.15) is 44.6 Å². The number of aromatic nitrogens is 1. The molecule has 9 heteroatoms. The van der Waals surface area contributed by atoms with E-state index in [9.17, 15) is 9.00 Å². The molecule has 184 valence electrons. The Bertz CT molecular complexity index is 909. The fourth-order valence-electron chi connectivity index (χ4n) is 3.55. The summed E-state index contributed by atoms with van der Waals surface area (Å²) in [6.45, 7) is 9.83. The lowest BCUT2D eigenvalue weighted by atomic mass is 10.2. The van der Waals surface area contributed by atoms with Gasteiger partial charge in [0.2, 0.25) is 11.8 Å². The third kappa shape index (κ3) is 8.47. The van der Waals surface area contributed by atoms with Crippen molar-refractivity contribution in [1.29, 1.82) is 0 Å². The summed E-state index contributed by atoms with van der Waals surface area (Å²) in [5, 5.41) is 2.88. The van der Waals surface area contributed by atoms with Crippen molar-refractivity contribution in [1.82, 2.24) is 15.2 Å². The number of carbonyl (C=O) groups excluding carboxylic acids is 1. The van der Waals surface area contributed by atoms with Gasteiger partial charge in [0.05, 0.1) is 25.7 Å². The Morgan fingerprint density at radius 2 is 1.82 bits per heavy atom. The second-order valence-electron chi connectivity index (χ2n) is 7.87. The molecule has 0 fully saturated rings. The van der Waals surface area contributed by atoms with Crippen LogP contribution >= 0.6 is 0 Å². The molecule has 0 aliphatic rings. The summed E-state index contributed by atoms with van der Waals surface area (Å²) >= 11 is 0. The van der Waals surface area contributed by atoms with Crippen molar-refractivity contribution in [3.05, 3.63) is 29.7 Å². The number of nitrogens with one attached hydrogen (secondary N) is 1. The minimum absolute atomic E-state index is 0.0500. The number of methoxy groups -OCH3 is 2. The molecule has 0 spiro atoms. The van der Waals surface area contributed by atoms with Crippen LogP contribution in [0.2, 0.25) is 0 Å². The lowest BCUT2D eigenvalue weighted by Gasteiger charge is -2.20. The standard InChI is InChI=1S/C24H37N3O5S/c1-6-12-27(13-7-2)14-8-11-25-23(28)17-33(29)16-20-18(3)32-24(26-20)19-9-10-21(30-4)22(15-19)31-5/h9-10,15H,6-8,11-14,16-17H2,1-5H3,(H,25,28)/t33-/m1/s1. The highest BCUT2D eigenvalue weighted by atomic mass is 32.2. The molecule has 0 radical (unpaired) electrons. The van der Waals surface area contributed by atoms with E-state index in [0.29, 0.717) is 35.4 Å². The van der Waals surface area contributed by atoms with Crippen molar-refractivity contribution in [2.45, 2.75) is 45.8 Å². The van der Waals surface area contributed by atoms with Gasteiger partial charge in [0.25, 0.3) is 0 Å². The number of oxazole rings is 1. The fourth-order valence-corrected chi connectivity index (χ4v) is 4.62. The van der Waals surface area contributed by atoms with Gasteiger partial charge in [0.15, 0.2) is 11.5 Å². The number of benzene rings is 1. The van der Waals surface area contributed by atoms with E-state index in [2.05, 4.69) is 29.0 Å². The predicted octanol–water partition coefficient (Wildman–Crippen LogP) is 3.54. The predicted molar refractivity (Wildman–Crippen MR) is 131 cm³/mol. The van der Waals surface area contributed by atoms with E-state index in [4.69, 9.17) is 13.9 Å². The Hall–Kier alpha value is -2.39. The smallest absolute Gasteiger partial charge is 0.232 e. The molecule has 1 aromatic heterocycles. The van der Waals surface area contributed by atoms with Crippen LogP contribution in [-0.4, -0.2) is 66.2 Å². The van der Waals surface area contributed by atoms with Crippen molar-refractivity contribution in [2.75, 3.05) is 46.2 Å². The number of hydrogen-bond donors (Lipinski definition) is 1. The Morgan fingerprint density at radius 1 is 1.12 bits per heavy atom. The second kappa shape index (κ2) is 14.0. The van der Waals surface area contributed by atoms with Crippen LogP contribution in [0.25, 0.3) is 11.5 Å². The second-order valence-corrected chi connectivity index (χ2v) is 9.32. The van der Waals surface area contributed by atoms with Crippen LogP contribution in [-0.2, 0) is 21.3 Å². The summed E-state index contributed by atoms with van der Waals surface area (Å²) in [4.78, 5) is 19.1. The minimum atomic E-state index is -1.38. The number of carbonyl (C=O) groups is 1. The summed E-state index contributed by atoms with van der Waals surface area (Å²) < 4.78 is 28.9. The molecule has 1 aromatic carbocycles. The third-order valence-electron chi connectivity index (χ3n) is 5.17. The monoisotopic (exact) mass is 479 g/mol. The molecule has 0 aliphatic heterocycles. The van der Waals surface area contributed by atoms with Gasteiger partial charge in [0, 0.05) is 22.9 Å². The van der Waals surface area contributed by atoms with Gasteiger partial charge in [-0.2, -0.15) is 0 Å². The van der Waals surface area contributed by atoms with Gasteiger partial charge in [-0.3, -0.25) is 9.00 Å². The van der Waals surface area contributed by atoms with E-state index >= 15 is 0 Å². The molecule has 2 rings (SSSR count). The molecule has 2 aromatic rings. The molecule has 33 heavy (non-hydrogen) atoms. The van der Waals surface area contributed by atoms with E-state index in [-0.39, 0.29) is 17.4 Å². The fraction of sp³-hybridized carbons (Fsp3) is 0.583. The molecule has 1 amide bonds. The van der Waals surface area contributed by atoms with Gasteiger partial charge >= 0.3 is 0 Å². The summed E-state index contributed by atoms with van der Waals surface area (Å²) in [7, 11) is 1.76. The largest absolute Gasteiger partial charge is 0.493 e. The first-order valence-corrected chi connectivity index (χ1v) is 12.9. The summed E-state index contributed by atoms with van der Waals surface area (Å²) in [5.41, 5.74) is 1.31. The van der Waals surface area contributed by atoms with Crippen molar-refractivity contribution in [2.24, 2.45) is 0 Å². The van der Waals surface area contributed by atoms with Crippen LogP contribution in [0, 0.1) is 6.92 Å².